The predicted octanol–water partition coefficient (Wildman–Crippen LogP) is 4.12. The van der Waals surface area contributed by atoms with Gasteiger partial charge < -0.3 is 10.6 Å². The highest BCUT2D eigenvalue weighted by Crippen LogP contribution is 2.42. The molecule has 135 valence electrons. The van der Waals surface area contributed by atoms with Crippen molar-refractivity contribution >= 4 is 31.8 Å². The van der Waals surface area contributed by atoms with E-state index in [1.807, 2.05) is 24.3 Å². The standard InChI is InChI=1S/C17H10BrF3N3O.H2O/c18-13-9-15-16(25)23(11-5-3-4-10(8-11)17(19,20)21)22-24(15)14-7-2-1-6-12(13)14;/h1-9,25H;1H2. The predicted molar refractivity (Wildman–Crippen MR) is 95.2 cm³/mol. The maximum atomic E-state index is 12.9. The van der Waals surface area contributed by atoms with Gasteiger partial charge >= 0.3 is 6.18 Å². The Labute approximate surface area is 155 Å². The van der Waals surface area contributed by atoms with Gasteiger partial charge in [-0.2, -0.15) is 13.2 Å². The van der Waals surface area contributed by atoms with Crippen molar-refractivity contribution in [2.45, 2.75) is 6.18 Å². The van der Waals surface area contributed by atoms with Crippen molar-refractivity contribution in [1.29, 1.82) is 0 Å². The molecule has 0 bridgehead atoms. The van der Waals surface area contributed by atoms with Crippen molar-refractivity contribution in [2.75, 3.05) is 10.0 Å². The van der Waals surface area contributed by atoms with Crippen molar-refractivity contribution in [2.24, 2.45) is 0 Å². The van der Waals surface area contributed by atoms with Crippen molar-refractivity contribution < 1.29 is 23.8 Å². The van der Waals surface area contributed by atoms with Crippen LogP contribution in [0.5, 0.6) is 0 Å². The molecule has 0 spiro atoms. The highest BCUT2D eigenvalue weighted by molar-refractivity contribution is 9.15. The van der Waals surface area contributed by atoms with Crippen LogP contribution in [0, 0.1) is 0 Å². The monoisotopic (exact) mass is 426 g/mol. The lowest BCUT2D eigenvalue weighted by molar-refractivity contribution is -0.137. The molecule has 0 unspecified atom stereocenters. The Hall–Kier alpha value is -2.49. The largest absolute Gasteiger partial charge is 0.492 e. The number of anilines is 2. The first kappa shape index (κ1) is 18.3. The van der Waals surface area contributed by atoms with Crippen LogP contribution in [0.4, 0.5) is 24.5 Å². The molecule has 3 N–H and O–H groups in total. The summed E-state index contributed by atoms with van der Waals surface area (Å²) >= 11 is 3.45. The number of benzene rings is 2. The zero-order valence-electron chi connectivity index (χ0n) is 13.0. The minimum atomic E-state index is -4.47. The number of alkyl halides is 3. The number of para-hydroxylation sites is 1. The van der Waals surface area contributed by atoms with E-state index < -0.39 is 11.7 Å². The molecule has 0 aromatic heterocycles. The minimum Gasteiger partial charge on any atom is -0.492 e. The molecule has 0 saturated heterocycles. The second-order valence-corrected chi connectivity index (χ2v) is 6.33. The van der Waals surface area contributed by atoms with Crippen LogP contribution in [-0.2, 0) is 6.18 Å². The van der Waals surface area contributed by atoms with Gasteiger partial charge in [0.2, 0.25) is 5.88 Å². The van der Waals surface area contributed by atoms with Gasteiger partial charge in [-0.1, -0.05) is 40.2 Å². The Morgan fingerprint density at radius 3 is 2.46 bits per heavy atom. The number of fused-ring (bicyclic) bond motifs is 3. The van der Waals surface area contributed by atoms with Crippen LogP contribution in [0.1, 0.15) is 11.1 Å². The summed E-state index contributed by atoms with van der Waals surface area (Å²) < 4.78 is 39.6. The first-order valence-electron chi connectivity index (χ1n) is 7.25. The molecule has 5 nitrogen and oxygen atoms in total. The van der Waals surface area contributed by atoms with Gasteiger partial charge in [-0.05, 0) is 35.9 Å². The van der Waals surface area contributed by atoms with E-state index in [4.69, 9.17) is 0 Å². The van der Waals surface area contributed by atoms with Crippen LogP contribution < -0.4 is 15.6 Å². The number of halogens is 4. The lowest BCUT2D eigenvalue weighted by atomic mass is 10.1. The second kappa shape index (κ2) is 6.35. The normalized spacial score (nSPS) is 16.1. The zero-order chi connectivity index (χ0) is 17.8. The summed E-state index contributed by atoms with van der Waals surface area (Å²) in [5.41, 5.74) is 5.55. The smallest absolute Gasteiger partial charge is 0.416 e. The van der Waals surface area contributed by atoms with Gasteiger partial charge in [0.05, 0.1) is 16.9 Å². The highest BCUT2D eigenvalue weighted by Gasteiger charge is 2.37. The molecule has 9 heteroatoms. The van der Waals surface area contributed by atoms with Crippen LogP contribution in [0.3, 0.4) is 0 Å². The topological polar surface area (TPSA) is 72.3 Å². The summed E-state index contributed by atoms with van der Waals surface area (Å²) in [5.74, 6) is -0.245. The first-order valence-corrected chi connectivity index (χ1v) is 8.04. The Morgan fingerprint density at radius 1 is 1.00 bits per heavy atom. The fraction of sp³-hybridized carbons (Fsp3) is 0.0588. The number of nitrogens with zero attached hydrogens (tertiary/aromatic N) is 3. The van der Waals surface area contributed by atoms with Crippen LogP contribution in [0.15, 0.2) is 66.2 Å². The van der Waals surface area contributed by atoms with E-state index >= 15 is 0 Å². The number of aliphatic hydroxyl groups excluding tert-OH is 1. The molecule has 0 amide bonds. The SMILES string of the molecule is O.OC1=C2C=C(Br)c3ccccc3N2[N]N1c1cccc(C(F)(F)F)c1. The van der Waals surface area contributed by atoms with E-state index in [1.54, 1.807) is 6.08 Å². The van der Waals surface area contributed by atoms with E-state index in [9.17, 15) is 18.3 Å². The number of allylic oxidation sites excluding steroid dienone is 1. The molecule has 0 saturated carbocycles. The van der Waals surface area contributed by atoms with Crippen LogP contribution in [-0.4, -0.2) is 10.6 Å². The molecule has 1 radical (unpaired) electrons. The summed E-state index contributed by atoms with van der Waals surface area (Å²) in [4.78, 5) is 0. The van der Waals surface area contributed by atoms with Gasteiger partial charge in [0.15, 0.2) is 0 Å². The molecule has 2 aliphatic heterocycles. The number of aliphatic hydroxyl groups is 1. The lowest BCUT2D eigenvalue weighted by Gasteiger charge is -2.25. The maximum Gasteiger partial charge on any atom is 0.416 e. The Bertz CT molecular complexity index is 927. The van der Waals surface area contributed by atoms with Crippen LogP contribution >= 0.6 is 15.9 Å². The number of hydrogen-bond acceptors (Lipinski definition) is 3. The minimum absolute atomic E-state index is 0. The molecular weight excluding hydrogens is 415 g/mol. The van der Waals surface area contributed by atoms with Crippen LogP contribution in [0.25, 0.3) is 4.48 Å². The fourth-order valence-electron chi connectivity index (χ4n) is 2.73. The van der Waals surface area contributed by atoms with Gasteiger partial charge in [-0.15, -0.1) is 0 Å². The Kier molecular flexibility index (Phi) is 4.47. The first-order chi connectivity index (χ1) is 11.9. The van der Waals surface area contributed by atoms with E-state index in [2.05, 4.69) is 21.5 Å². The van der Waals surface area contributed by atoms with Crippen LogP contribution in [0.2, 0.25) is 0 Å². The molecule has 2 aliphatic rings. The molecule has 4 rings (SSSR count). The fourth-order valence-corrected chi connectivity index (χ4v) is 3.28. The van der Waals surface area contributed by atoms with E-state index in [1.165, 1.54) is 17.1 Å². The second-order valence-electron chi connectivity index (χ2n) is 5.48. The quantitative estimate of drug-likeness (QED) is 0.745. The lowest BCUT2D eigenvalue weighted by Crippen LogP contribution is -2.35. The molecular formula is C17H12BrF3N3O2. The third-order valence-corrected chi connectivity index (χ3v) is 4.56. The molecule has 2 aromatic rings. The number of hydrogen-bond donors (Lipinski definition) is 1. The molecule has 0 fully saturated rings. The average Bonchev–Trinajstić information content (AvgIpc) is 2.92. The average molecular weight is 427 g/mol. The number of rotatable bonds is 1. The summed E-state index contributed by atoms with van der Waals surface area (Å²) in [6.07, 6.45) is -2.80. The molecule has 0 aliphatic carbocycles. The Balaban J connectivity index is 0.00000196. The van der Waals surface area contributed by atoms with E-state index in [-0.39, 0.29) is 17.0 Å². The summed E-state index contributed by atoms with van der Waals surface area (Å²) in [5, 5.41) is 13.1. The van der Waals surface area contributed by atoms with E-state index in [0.717, 1.165) is 27.2 Å². The molecule has 2 heterocycles. The molecule has 26 heavy (non-hydrogen) atoms. The van der Waals surface area contributed by atoms with Gasteiger partial charge in [0.1, 0.15) is 5.70 Å². The van der Waals surface area contributed by atoms with Crippen molar-refractivity contribution in [3.63, 3.8) is 0 Å². The van der Waals surface area contributed by atoms with Crippen molar-refractivity contribution in [3.8, 4) is 0 Å². The summed E-state index contributed by atoms with van der Waals surface area (Å²) in [6.45, 7) is 0. The summed E-state index contributed by atoms with van der Waals surface area (Å²) in [7, 11) is 0. The zero-order valence-corrected chi connectivity index (χ0v) is 14.6. The highest BCUT2D eigenvalue weighted by atomic mass is 79.9. The maximum absolute atomic E-state index is 12.9. The van der Waals surface area contributed by atoms with E-state index in [0.29, 0.717) is 11.4 Å². The van der Waals surface area contributed by atoms with Crippen molar-refractivity contribution in [3.05, 3.63) is 77.3 Å². The van der Waals surface area contributed by atoms with Gasteiger partial charge in [-0.25, -0.2) is 10.0 Å². The van der Waals surface area contributed by atoms with Gasteiger partial charge in [-0.3, -0.25) is 0 Å². The third-order valence-electron chi connectivity index (χ3n) is 3.91. The van der Waals surface area contributed by atoms with Crippen molar-refractivity contribution in [1.82, 2.24) is 5.53 Å². The summed E-state index contributed by atoms with van der Waals surface area (Å²) in [6, 6.07) is 12.0. The van der Waals surface area contributed by atoms with Gasteiger partial charge in [0.25, 0.3) is 0 Å². The molecule has 0 atom stereocenters. The molecule has 2 aromatic carbocycles. The van der Waals surface area contributed by atoms with Gasteiger partial charge in [0, 0.05) is 10.0 Å². The Morgan fingerprint density at radius 2 is 1.73 bits per heavy atom. The third kappa shape index (κ3) is 2.83.